The average molecular weight is 440 g/mol. The number of thiophene rings is 1. The lowest BCUT2D eigenvalue weighted by Crippen LogP contribution is -2.40. The summed E-state index contributed by atoms with van der Waals surface area (Å²) in [7, 11) is -3.76. The highest BCUT2D eigenvalue weighted by Crippen LogP contribution is 2.30. The van der Waals surface area contributed by atoms with Crippen molar-refractivity contribution in [1.29, 1.82) is 5.26 Å². The van der Waals surface area contributed by atoms with Gasteiger partial charge in [0.05, 0.1) is 34.3 Å². The number of morpholine rings is 1. The number of anilines is 1. The Bertz CT molecular complexity index is 1040. The van der Waals surface area contributed by atoms with Crippen molar-refractivity contribution in [2.45, 2.75) is 18.2 Å². The molecule has 0 atom stereocenters. The number of sulfonamides is 1. The SMILES string of the molecule is CCc1cc(C#N)c(NC(=O)c2cc(S(=O)(=O)N3CCOCC3)ccc2Cl)s1. The molecular weight excluding hydrogens is 422 g/mol. The van der Waals surface area contributed by atoms with Crippen LogP contribution in [0.3, 0.4) is 0 Å². The van der Waals surface area contributed by atoms with E-state index in [4.69, 9.17) is 16.3 Å². The molecule has 1 aromatic carbocycles. The number of aryl methyl sites for hydroxylation is 1. The van der Waals surface area contributed by atoms with Gasteiger partial charge in [-0.3, -0.25) is 4.79 Å². The molecule has 1 aromatic heterocycles. The fourth-order valence-electron chi connectivity index (χ4n) is 2.74. The lowest BCUT2D eigenvalue weighted by molar-refractivity contribution is 0.0730. The van der Waals surface area contributed by atoms with Gasteiger partial charge in [0.2, 0.25) is 10.0 Å². The maximum atomic E-state index is 12.8. The van der Waals surface area contributed by atoms with Crippen molar-refractivity contribution in [2.24, 2.45) is 0 Å². The molecule has 3 rings (SSSR count). The molecule has 0 bridgehead atoms. The van der Waals surface area contributed by atoms with Crippen molar-refractivity contribution >= 4 is 43.9 Å². The molecule has 2 heterocycles. The van der Waals surface area contributed by atoms with Crippen molar-refractivity contribution in [2.75, 3.05) is 31.6 Å². The quantitative estimate of drug-likeness (QED) is 0.771. The van der Waals surface area contributed by atoms with E-state index in [9.17, 15) is 18.5 Å². The number of benzene rings is 1. The van der Waals surface area contributed by atoms with Crippen LogP contribution in [0.5, 0.6) is 0 Å². The zero-order valence-electron chi connectivity index (χ0n) is 15.1. The molecule has 0 radical (unpaired) electrons. The second-order valence-corrected chi connectivity index (χ2v) is 9.51. The number of halogens is 1. The normalized spacial score (nSPS) is 15.2. The minimum atomic E-state index is -3.76. The summed E-state index contributed by atoms with van der Waals surface area (Å²) in [6, 6.07) is 7.81. The summed E-state index contributed by atoms with van der Waals surface area (Å²) in [5, 5.41) is 12.5. The van der Waals surface area contributed by atoms with E-state index in [1.54, 1.807) is 6.07 Å². The summed E-state index contributed by atoms with van der Waals surface area (Å²) < 4.78 is 32.2. The summed E-state index contributed by atoms with van der Waals surface area (Å²) in [5.41, 5.74) is 0.398. The Morgan fingerprint density at radius 2 is 2.07 bits per heavy atom. The number of carbonyl (C=O) groups excluding carboxylic acids is 1. The molecular formula is C18H18ClN3O4S2. The van der Waals surface area contributed by atoms with Crippen LogP contribution >= 0.6 is 22.9 Å². The molecule has 1 aliphatic rings. The molecule has 1 fully saturated rings. The highest BCUT2D eigenvalue weighted by molar-refractivity contribution is 7.89. The molecule has 148 valence electrons. The van der Waals surface area contributed by atoms with Crippen LogP contribution in [0.15, 0.2) is 29.2 Å². The van der Waals surface area contributed by atoms with Crippen molar-refractivity contribution in [1.82, 2.24) is 4.31 Å². The monoisotopic (exact) mass is 439 g/mol. The Kier molecular flexibility index (Phi) is 6.37. The third kappa shape index (κ3) is 4.21. The molecule has 1 amide bonds. The first kappa shape index (κ1) is 20.8. The smallest absolute Gasteiger partial charge is 0.257 e. The Balaban J connectivity index is 1.90. The third-order valence-corrected chi connectivity index (χ3v) is 7.69. The minimum Gasteiger partial charge on any atom is -0.379 e. The molecule has 1 saturated heterocycles. The van der Waals surface area contributed by atoms with E-state index in [2.05, 4.69) is 5.32 Å². The van der Waals surface area contributed by atoms with Gasteiger partial charge in [0.1, 0.15) is 11.1 Å². The summed E-state index contributed by atoms with van der Waals surface area (Å²) in [6.45, 7) is 3.12. The zero-order chi connectivity index (χ0) is 20.3. The van der Waals surface area contributed by atoms with E-state index in [1.807, 2.05) is 13.0 Å². The second-order valence-electron chi connectivity index (χ2n) is 6.03. The summed E-state index contributed by atoms with van der Waals surface area (Å²) in [4.78, 5) is 13.7. The molecule has 28 heavy (non-hydrogen) atoms. The van der Waals surface area contributed by atoms with Gasteiger partial charge in [-0.1, -0.05) is 18.5 Å². The van der Waals surface area contributed by atoms with Crippen LogP contribution in [0.25, 0.3) is 0 Å². The number of rotatable bonds is 5. The molecule has 0 spiro atoms. The Hall–Kier alpha value is -1.96. The number of amides is 1. The fraction of sp³-hybridized carbons (Fsp3) is 0.333. The van der Waals surface area contributed by atoms with Crippen LogP contribution in [0.4, 0.5) is 5.00 Å². The van der Waals surface area contributed by atoms with Gasteiger partial charge in [-0.25, -0.2) is 8.42 Å². The molecule has 1 aliphatic heterocycles. The van der Waals surface area contributed by atoms with Gasteiger partial charge in [0.25, 0.3) is 5.91 Å². The average Bonchev–Trinajstić information content (AvgIpc) is 3.10. The third-order valence-electron chi connectivity index (χ3n) is 4.27. The molecule has 10 heteroatoms. The van der Waals surface area contributed by atoms with Gasteiger partial charge in [0, 0.05) is 18.0 Å². The predicted molar refractivity (Wildman–Crippen MR) is 107 cm³/mol. The first-order valence-corrected chi connectivity index (χ1v) is 11.2. The summed E-state index contributed by atoms with van der Waals surface area (Å²) in [5.74, 6) is -0.565. The zero-order valence-corrected chi connectivity index (χ0v) is 17.5. The van der Waals surface area contributed by atoms with E-state index in [0.717, 1.165) is 11.3 Å². The van der Waals surface area contributed by atoms with Crippen molar-refractivity contribution in [3.63, 3.8) is 0 Å². The standard InChI is InChI=1S/C18H18ClN3O4S2/c1-2-13-9-12(11-20)18(27-13)21-17(23)15-10-14(3-4-16(15)19)28(24,25)22-5-7-26-8-6-22/h3-4,9-10H,2,5-8H2,1H3,(H,21,23). The van der Waals surface area contributed by atoms with Crippen LogP contribution in [0, 0.1) is 11.3 Å². The van der Waals surface area contributed by atoms with Gasteiger partial charge in [0.15, 0.2) is 0 Å². The molecule has 0 unspecified atom stereocenters. The molecule has 0 saturated carbocycles. The number of nitriles is 1. The van der Waals surface area contributed by atoms with Crippen LogP contribution in [-0.2, 0) is 21.2 Å². The van der Waals surface area contributed by atoms with Gasteiger partial charge in [-0.05, 0) is 30.7 Å². The lowest BCUT2D eigenvalue weighted by Gasteiger charge is -2.26. The largest absolute Gasteiger partial charge is 0.379 e. The maximum absolute atomic E-state index is 12.8. The molecule has 2 aromatic rings. The van der Waals surface area contributed by atoms with Crippen molar-refractivity contribution in [3.8, 4) is 6.07 Å². The maximum Gasteiger partial charge on any atom is 0.257 e. The highest BCUT2D eigenvalue weighted by atomic mass is 35.5. The predicted octanol–water partition coefficient (Wildman–Crippen LogP) is 3.11. The van der Waals surface area contributed by atoms with Gasteiger partial charge in [-0.15, -0.1) is 11.3 Å². The number of nitrogens with one attached hydrogen (secondary N) is 1. The Morgan fingerprint density at radius 3 is 2.71 bits per heavy atom. The number of carbonyl (C=O) groups is 1. The van der Waals surface area contributed by atoms with Crippen LogP contribution < -0.4 is 5.32 Å². The Labute approximate surface area is 172 Å². The lowest BCUT2D eigenvalue weighted by atomic mass is 10.2. The van der Waals surface area contributed by atoms with Crippen LogP contribution in [-0.4, -0.2) is 44.9 Å². The van der Waals surface area contributed by atoms with E-state index >= 15 is 0 Å². The number of nitrogens with zero attached hydrogens (tertiary/aromatic N) is 2. The molecule has 1 N–H and O–H groups in total. The summed E-state index contributed by atoms with van der Waals surface area (Å²) in [6.07, 6.45) is 0.739. The summed E-state index contributed by atoms with van der Waals surface area (Å²) >= 11 is 7.46. The van der Waals surface area contributed by atoms with Crippen LogP contribution in [0.2, 0.25) is 5.02 Å². The second kappa shape index (κ2) is 8.59. The van der Waals surface area contributed by atoms with E-state index in [0.29, 0.717) is 23.8 Å². The first-order valence-electron chi connectivity index (χ1n) is 8.58. The number of hydrogen-bond donors (Lipinski definition) is 1. The topological polar surface area (TPSA) is 99.5 Å². The van der Waals surface area contributed by atoms with Gasteiger partial charge in [-0.2, -0.15) is 9.57 Å². The van der Waals surface area contributed by atoms with E-state index in [1.165, 1.54) is 33.8 Å². The van der Waals surface area contributed by atoms with Crippen LogP contribution in [0.1, 0.15) is 27.7 Å². The number of hydrogen-bond acceptors (Lipinski definition) is 6. The van der Waals surface area contributed by atoms with E-state index in [-0.39, 0.29) is 28.6 Å². The van der Waals surface area contributed by atoms with Crippen molar-refractivity contribution in [3.05, 3.63) is 45.3 Å². The minimum absolute atomic E-state index is 0.00937. The molecule has 0 aliphatic carbocycles. The van der Waals surface area contributed by atoms with E-state index < -0.39 is 15.9 Å². The fourth-order valence-corrected chi connectivity index (χ4v) is 5.32. The molecule has 7 nitrogen and oxygen atoms in total. The Morgan fingerprint density at radius 1 is 1.36 bits per heavy atom. The highest BCUT2D eigenvalue weighted by Gasteiger charge is 2.28. The number of ether oxygens (including phenoxy) is 1. The van der Waals surface area contributed by atoms with Gasteiger partial charge >= 0.3 is 0 Å². The van der Waals surface area contributed by atoms with Crippen molar-refractivity contribution < 1.29 is 17.9 Å². The first-order chi connectivity index (χ1) is 13.4. The van der Waals surface area contributed by atoms with Gasteiger partial charge < -0.3 is 10.1 Å².